The van der Waals surface area contributed by atoms with Crippen molar-refractivity contribution in [2.45, 2.75) is 31.3 Å². The number of hydrogen-bond acceptors (Lipinski definition) is 5. The number of cyclic esters (lactones) is 1. The highest BCUT2D eigenvalue weighted by atomic mass is 28.3. The lowest BCUT2D eigenvalue weighted by atomic mass is 10.2. The number of likely N-dealkylation sites (N-methyl/N-ethyl adjacent to an activating group) is 1. The Balaban J connectivity index is 1.79. The zero-order chi connectivity index (χ0) is 21.4. The Morgan fingerprint density at radius 1 is 1.31 bits per heavy atom. The van der Waals surface area contributed by atoms with E-state index < -0.39 is 42.5 Å². The first kappa shape index (κ1) is 21.5. The molecule has 0 radical (unpaired) electrons. The third-order valence-corrected chi connectivity index (χ3v) is 9.06. The van der Waals surface area contributed by atoms with E-state index in [2.05, 4.69) is 23.1 Å². The SMILES string of the molecule is COC(=O)NCC1C[N+](C)(c2cc(F)c(N3CC[Si](C)(C)CC3)c(F)c2)C(=O)O1. The van der Waals surface area contributed by atoms with E-state index in [0.717, 1.165) is 12.1 Å². The number of benzene rings is 1. The molecular weight excluding hydrogens is 400 g/mol. The number of methoxy groups -OCH3 is 1. The summed E-state index contributed by atoms with van der Waals surface area (Å²) in [6.45, 7) is 6.06. The van der Waals surface area contributed by atoms with Gasteiger partial charge in [-0.3, -0.25) is 0 Å². The first-order chi connectivity index (χ1) is 13.6. The van der Waals surface area contributed by atoms with Crippen molar-refractivity contribution in [2.75, 3.05) is 45.2 Å². The summed E-state index contributed by atoms with van der Waals surface area (Å²) in [6, 6.07) is 4.41. The largest absolute Gasteiger partial charge is 0.521 e. The Labute approximate surface area is 170 Å². The monoisotopic (exact) mass is 428 g/mol. The van der Waals surface area contributed by atoms with E-state index in [0.29, 0.717) is 13.1 Å². The number of nitrogens with zero attached hydrogens (tertiary/aromatic N) is 2. The van der Waals surface area contributed by atoms with Gasteiger partial charge in [-0.15, -0.1) is 0 Å². The van der Waals surface area contributed by atoms with Crippen molar-refractivity contribution in [3.63, 3.8) is 0 Å². The fourth-order valence-electron chi connectivity index (χ4n) is 3.84. The Hall–Kier alpha value is -2.20. The molecule has 1 aromatic rings. The minimum Gasteiger partial charge on any atom is -0.453 e. The van der Waals surface area contributed by atoms with Crippen LogP contribution in [-0.2, 0) is 9.47 Å². The maximum atomic E-state index is 14.9. The number of alkyl carbamates (subject to hydrolysis) is 1. The van der Waals surface area contributed by atoms with Gasteiger partial charge in [0, 0.05) is 25.2 Å². The predicted molar refractivity (Wildman–Crippen MR) is 109 cm³/mol. The van der Waals surface area contributed by atoms with Crippen LogP contribution in [0, 0.1) is 11.6 Å². The molecule has 2 saturated heterocycles. The van der Waals surface area contributed by atoms with Crippen LogP contribution in [-0.4, -0.2) is 66.7 Å². The molecule has 10 heteroatoms. The summed E-state index contributed by atoms with van der Waals surface area (Å²) in [5.41, 5.74) is 0.155. The summed E-state index contributed by atoms with van der Waals surface area (Å²) >= 11 is 0. The molecule has 0 spiro atoms. The van der Waals surface area contributed by atoms with E-state index in [-0.39, 0.29) is 24.5 Å². The van der Waals surface area contributed by atoms with Gasteiger partial charge >= 0.3 is 12.2 Å². The average molecular weight is 429 g/mol. The molecule has 2 aliphatic rings. The van der Waals surface area contributed by atoms with Crippen molar-refractivity contribution in [3.8, 4) is 0 Å². The molecule has 0 bridgehead atoms. The highest BCUT2D eigenvalue weighted by molar-refractivity contribution is 6.77. The van der Waals surface area contributed by atoms with E-state index in [1.165, 1.54) is 19.2 Å². The van der Waals surface area contributed by atoms with Crippen LogP contribution in [0.25, 0.3) is 0 Å². The fraction of sp³-hybridized carbons (Fsp3) is 0.579. The molecule has 7 nitrogen and oxygen atoms in total. The van der Waals surface area contributed by atoms with Crippen molar-refractivity contribution >= 4 is 31.6 Å². The van der Waals surface area contributed by atoms with Crippen LogP contribution >= 0.6 is 0 Å². The first-order valence-corrected chi connectivity index (χ1v) is 13.1. The van der Waals surface area contributed by atoms with Crippen LogP contribution < -0.4 is 14.7 Å². The molecule has 2 amide bonds. The highest BCUT2D eigenvalue weighted by Crippen LogP contribution is 2.36. The van der Waals surface area contributed by atoms with Crippen molar-refractivity contribution in [3.05, 3.63) is 23.8 Å². The van der Waals surface area contributed by atoms with Gasteiger partial charge in [-0.05, 0) is 12.1 Å². The van der Waals surface area contributed by atoms with Crippen LogP contribution in [0.15, 0.2) is 12.1 Å². The number of nitrogens with one attached hydrogen (secondary N) is 1. The minimum atomic E-state index is -1.27. The number of quaternary nitrogens is 1. The molecule has 2 unspecified atom stereocenters. The molecular formula is C19H28F2N3O4Si+. The number of amides is 2. The molecule has 1 N–H and O–H groups in total. The van der Waals surface area contributed by atoms with Gasteiger partial charge in [0.25, 0.3) is 0 Å². The second-order valence-corrected chi connectivity index (χ2v) is 14.0. The quantitative estimate of drug-likeness (QED) is 0.589. The number of carbonyl (C=O) groups excluding carboxylic acids is 2. The zero-order valence-electron chi connectivity index (χ0n) is 17.3. The first-order valence-electron chi connectivity index (χ1n) is 9.69. The molecule has 2 atom stereocenters. The third-order valence-electron chi connectivity index (χ3n) is 5.90. The lowest BCUT2D eigenvalue weighted by Crippen LogP contribution is -2.47. The second-order valence-electron chi connectivity index (χ2n) is 8.66. The lowest BCUT2D eigenvalue weighted by Gasteiger charge is -2.37. The van der Waals surface area contributed by atoms with Gasteiger partial charge in [0.15, 0.2) is 17.7 Å². The van der Waals surface area contributed by atoms with E-state index >= 15 is 0 Å². The van der Waals surface area contributed by atoms with E-state index in [4.69, 9.17) is 4.74 Å². The molecule has 0 saturated carbocycles. The maximum absolute atomic E-state index is 14.9. The summed E-state index contributed by atoms with van der Waals surface area (Å²) in [5, 5.41) is 2.47. The Kier molecular flexibility index (Phi) is 5.86. The van der Waals surface area contributed by atoms with E-state index in [1.807, 2.05) is 0 Å². The molecule has 160 valence electrons. The van der Waals surface area contributed by atoms with Crippen molar-refractivity contribution in [1.29, 1.82) is 0 Å². The van der Waals surface area contributed by atoms with Gasteiger partial charge in [-0.1, -0.05) is 13.1 Å². The molecule has 2 fully saturated rings. The van der Waals surface area contributed by atoms with Gasteiger partial charge in [-0.25, -0.2) is 13.6 Å². The van der Waals surface area contributed by atoms with Crippen LogP contribution in [0.2, 0.25) is 25.2 Å². The highest BCUT2D eigenvalue weighted by Gasteiger charge is 2.48. The van der Waals surface area contributed by atoms with Gasteiger partial charge in [0.1, 0.15) is 17.9 Å². The van der Waals surface area contributed by atoms with Crippen LogP contribution in [0.1, 0.15) is 0 Å². The van der Waals surface area contributed by atoms with Crippen molar-refractivity contribution < 1.29 is 27.8 Å². The average Bonchev–Trinajstić information content (AvgIpc) is 2.95. The number of rotatable bonds is 4. The van der Waals surface area contributed by atoms with Gasteiger partial charge < -0.3 is 19.7 Å². The maximum Gasteiger partial charge on any atom is 0.521 e. The molecule has 0 aliphatic carbocycles. The standard InChI is InChI=1S/C19H27F2N3O4Si/c1-24(12-14(28-19(24)26)11-22-18(25)27-2)13-9-15(20)17(16(21)10-13)23-5-7-29(3,4)8-6-23/h9-10,14H,5-8,11-12H2,1-4H3/p+1. The van der Waals surface area contributed by atoms with Gasteiger partial charge in [0.05, 0.1) is 28.8 Å². The Morgan fingerprint density at radius 3 is 2.45 bits per heavy atom. The number of carbonyl (C=O) groups is 2. The number of halogens is 2. The number of hydrogen-bond donors (Lipinski definition) is 1. The molecule has 1 aromatic carbocycles. The smallest absolute Gasteiger partial charge is 0.453 e. The normalized spacial score (nSPS) is 26.2. The third kappa shape index (κ3) is 4.37. The van der Waals surface area contributed by atoms with Crippen molar-refractivity contribution in [2.24, 2.45) is 0 Å². The van der Waals surface area contributed by atoms with Crippen LogP contribution in [0.4, 0.5) is 29.7 Å². The molecule has 3 rings (SSSR count). The van der Waals surface area contributed by atoms with E-state index in [1.54, 1.807) is 11.9 Å². The molecule has 29 heavy (non-hydrogen) atoms. The molecule has 2 aliphatic heterocycles. The zero-order valence-corrected chi connectivity index (χ0v) is 18.3. The Bertz CT molecular complexity index is 790. The fourth-order valence-corrected chi connectivity index (χ4v) is 5.84. The molecule has 0 aromatic heterocycles. The van der Waals surface area contributed by atoms with Crippen molar-refractivity contribution in [1.82, 2.24) is 9.80 Å². The summed E-state index contributed by atoms with van der Waals surface area (Å²) in [7, 11) is 1.51. The van der Waals surface area contributed by atoms with Gasteiger partial charge in [0.2, 0.25) is 0 Å². The topological polar surface area (TPSA) is 67.9 Å². The molecule has 2 heterocycles. The summed E-state index contributed by atoms with van der Waals surface area (Å²) in [4.78, 5) is 25.4. The van der Waals surface area contributed by atoms with Crippen LogP contribution in [0.3, 0.4) is 0 Å². The summed E-state index contributed by atoms with van der Waals surface area (Å²) < 4.78 is 39.2. The second kappa shape index (κ2) is 7.90. The van der Waals surface area contributed by atoms with E-state index in [9.17, 15) is 18.4 Å². The minimum absolute atomic E-state index is 0.0266. The number of ether oxygens (including phenoxy) is 2. The number of anilines is 1. The predicted octanol–water partition coefficient (Wildman–Crippen LogP) is 3.31. The summed E-state index contributed by atoms with van der Waals surface area (Å²) in [5.74, 6) is -1.35. The summed E-state index contributed by atoms with van der Waals surface area (Å²) in [6.07, 6.45) is -1.89. The van der Waals surface area contributed by atoms with Gasteiger partial charge in [-0.2, -0.15) is 9.28 Å². The lowest BCUT2D eigenvalue weighted by molar-refractivity contribution is 0.128. The van der Waals surface area contributed by atoms with Crippen LogP contribution in [0.5, 0.6) is 0 Å². The Morgan fingerprint density at radius 2 is 1.90 bits per heavy atom.